The first-order chi connectivity index (χ1) is 9.70. The Morgan fingerprint density at radius 3 is 2.24 bits per heavy atom. The van der Waals surface area contributed by atoms with E-state index >= 15 is 0 Å². The number of nitrogens with one attached hydrogen (secondary N) is 1. The average Bonchev–Trinajstić information content (AvgIpc) is 2.89. The van der Waals surface area contributed by atoms with Gasteiger partial charge in [-0.05, 0) is 19.1 Å². The molecular weight excluding hydrogens is 318 g/mol. The minimum Gasteiger partial charge on any atom is -0.411 e. The van der Waals surface area contributed by atoms with Crippen LogP contribution in [0.3, 0.4) is 0 Å². The zero-order chi connectivity index (χ0) is 15.7. The van der Waals surface area contributed by atoms with E-state index < -0.39 is 31.1 Å². The van der Waals surface area contributed by atoms with Gasteiger partial charge in [0.05, 0.1) is 10.9 Å². The van der Waals surface area contributed by atoms with Gasteiger partial charge in [0.1, 0.15) is 0 Å². The number of sulfone groups is 1. The highest BCUT2D eigenvalue weighted by molar-refractivity contribution is 7.90. The Bertz CT molecular complexity index is 828. The molecule has 0 aliphatic rings. The Morgan fingerprint density at radius 1 is 1.10 bits per heavy atom. The van der Waals surface area contributed by atoms with Crippen LogP contribution < -0.4 is 4.72 Å². The van der Waals surface area contributed by atoms with Crippen LogP contribution in [0.25, 0.3) is 0 Å². The molecule has 1 atom stereocenters. The van der Waals surface area contributed by atoms with Crippen molar-refractivity contribution in [3.05, 3.63) is 36.2 Å². The van der Waals surface area contributed by atoms with E-state index in [0.717, 1.165) is 6.26 Å². The summed E-state index contributed by atoms with van der Waals surface area (Å²) in [6.45, 7) is 1.47. The summed E-state index contributed by atoms with van der Waals surface area (Å²) < 4.78 is 54.0. The molecule has 0 saturated carbocycles. The molecule has 1 N–H and O–H groups in total. The normalized spacial score (nSPS) is 14.0. The van der Waals surface area contributed by atoms with Crippen LogP contribution in [0.1, 0.15) is 18.9 Å². The molecule has 21 heavy (non-hydrogen) atoms. The van der Waals surface area contributed by atoms with Crippen molar-refractivity contribution in [3.8, 4) is 0 Å². The Balaban J connectivity index is 2.22. The topological polar surface area (TPSA) is 119 Å². The first-order valence-corrected chi connectivity index (χ1v) is 9.18. The maximum Gasteiger partial charge on any atom is 0.335 e. The fraction of sp³-hybridized carbons (Fsp3) is 0.273. The lowest BCUT2D eigenvalue weighted by Crippen LogP contribution is -2.27. The minimum absolute atomic E-state index is 0.0831. The number of rotatable bonds is 5. The fourth-order valence-corrected chi connectivity index (χ4v) is 3.14. The van der Waals surface area contributed by atoms with E-state index in [1.807, 2.05) is 0 Å². The third kappa shape index (κ3) is 3.65. The molecule has 1 aromatic carbocycles. The molecule has 0 spiro atoms. The molecule has 0 amide bonds. The third-order valence-electron chi connectivity index (χ3n) is 2.50. The Hall–Kier alpha value is -1.78. The zero-order valence-electron chi connectivity index (χ0n) is 11.2. The van der Waals surface area contributed by atoms with Gasteiger partial charge in [-0.2, -0.15) is 4.72 Å². The molecule has 0 aliphatic carbocycles. The first kappa shape index (κ1) is 15.6. The second kappa shape index (κ2) is 5.54. The quantitative estimate of drug-likeness (QED) is 0.847. The highest BCUT2D eigenvalue weighted by atomic mass is 32.2. The molecule has 0 fully saturated rings. The van der Waals surface area contributed by atoms with E-state index in [1.54, 1.807) is 18.2 Å². The monoisotopic (exact) mass is 331 g/mol. The summed E-state index contributed by atoms with van der Waals surface area (Å²) in [5.41, 5.74) is 0. The van der Waals surface area contributed by atoms with Crippen molar-refractivity contribution in [3.63, 3.8) is 0 Å². The maximum absolute atomic E-state index is 12.1. The Morgan fingerprint density at radius 2 is 1.71 bits per heavy atom. The van der Waals surface area contributed by atoms with Gasteiger partial charge < -0.3 is 4.42 Å². The molecule has 2 aromatic rings. The largest absolute Gasteiger partial charge is 0.411 e. The zero-order valence-corrected chi connectivity index (χ0v) is 12.8. The molecule has 0 aliphatic heterocycles. The second-order valence-corrected chi connectivity index (χ2v) is 7.94. The van der Waals surface area contributed by atoms with Gasteiger partial charge in [-0.25, -0.2) is 16.8 Å². The molecule has 2 rings (SSSR count). The predicted molar refractivity (Wildman–Crippen MR) is 72.6 cm³/mol. The standard InChI is InChI=1S/C11H13N3O5S2/c1-8(10-12-13-11(19-10)20(2,15)16)14-21(17,18)9-6-4-3-5-7-9/h3-8,14H,1-2H3/t8-/m0/s1. The summed E-state index contributed by atoms with van der Waals surface area (Å²) in [5, 5.41) is 6.36. The Labute approximate surface area is 122 Å². The number of sulfonamides is 1. The van der Waals surface area contributed by atoms with Gasteiger partial charge in [0, 0.05) is 6.26 Å². The van der Waals surface area contributed by atoms with Crippen molar-refractivity contribution in [2.75, 3.05) is 6.26 Å². The number of hydrogen-bond donors (Lipinski definition) is 1. The first-order valence-electron chi connectivity index (χ1n) is 5.81. The number of aromatic nitrogens is 2. The van der Waals surface area contributed by atoms with Crippen molar-refractivity contribution < 1.29 is 21.3 Å². The average molecular weight is 331 g/mol. The summed E-state index contributed by atoms with van der Waals surface area (Å²) in [6, 6.07) is 6.88. The predicted octanol–water partition coefficient (Wildman–Crippen LogP) is 0.513. The summed E-state index contributed by atoms with van der Waals surface area (Å²) in [5.74, 6) is -0.130. The van der Waals surface area contributed by atoms with Crippen molar-refractivity contribution in [1.29, 1.82) is 0 Å². The van der Waals surface area contributed by atoms with Crippen LogP contribution in [-0.4, -0.2) is 33.3 Å². The molecule has 10 heteroatoms. The van der Waals surface area contributed by atoms with E-state index in [1.165, 1.54) is 19.1 Å². The summed E-state index contributed by atoms with van der Waals surface area (Å²) in [6.07, 6.45) is 0.920. The van der Waals surface area contributed by atoms with Crippen LogP contribution in [0, 0.1) is 0 Å². The molecule has 0 saturated heterocycles. The highest BCUT2D eigenvalue weighted by Crippen LogP contribution is 2.17. The van der Waals surface area contributed by atoms with Gasteiger partial charge in [0.25, 0.3) is 0 Å². The summed E-state index contributed by atoms with van der Waals surface area (Å²) >= 11 is 0. The van der Waals surface area contributed by atoms with E-state index in [4.69, 9.17) is 4.42 Å². The molecule has 0 unspecified atom stereocenters. The van der Waals surface area contributed by atoms with Crippen molar-refractivity contribution in [1.82, 2.24) is 14.9 Å². The molecule has 1 aromatic heterocycles. The number of benzene rings is 1. The lowest BCUT2D eigenvalue weighted by atomic mass is 10.4. The van der Waals surface area contributed by atoms with Gasteiger partial charge in [-0.15, -0.1) is 5.10 Å². The lowest BCUT2D eigenvalue weighted by Gasteiger charge is -2.10. The molecule has 8 nitrogen and oxygen atoms in total. The van der Waals surface area contributed by atoms with Gasteiger partial charge in [0.2, 0.25) is 25.8 Å². The smallest absolute Gasteiger partial charge is 0.335 e. The van der Waals surface area contributed by atoms with Crippen LogP contribution in [0.5, 0.6) is 0 Å². The minimum atomic E-state index is -3.76. The lowest BCUT2D eigenvalue weighted by molar-refractivity contribution is 0.373. The van der Waals surface area contributed by atoms with Crippen molar-refractivity contribution in [2.24, 2.45) is 0 Å². The van der Waals surface area contributed by atoms with Gasteiger partial charge in [-0.1, -0.05) is 23.3 Å². The number of nitrogens with zero attached hydrogens (tertiary/aromatic N) is 2. The van der Waals surface area contributed by atoms with E-state index in [0.29, 0.717) is 0 Å². The van der Waals surface area contributed by atoms with Gasteiger partial charge in [0.15, 0.2) is 0 Å². The molecule has 0 bridgehead atoms. The van der Waals surface area contributed by atoms with E-state index in [9.17, 15) is 16.8 Å². The van der Waals surface area contributed by atoms with E-state index in [-0.39, 0.29) is 10.8 Å². The number of hydrogen-bond acceptors (Lipinski definition) is 7. The molecule has 0 radical (unpaired) electrons. The fourth-order valence-electron chi connectivity index (χ4n) is 1.50. The van der Waals surface area contributed by atoms with Gasteiger partial charge >= 0.3 is 5.22 Å². The van der Waals surface area contributed by atoms with E-state index in [2.05, 4.69) is 14.9 Å². The summed E-state index contributed by atoms with van der Waals surface area (Å²) in [4.78, 5) is 0.0831. The highest BCUT2D eigenvalue weighted by Gasteiger charge is 2.24. The maximum atomic E-state index is 12.1. The SMILES string of the molecule is C[C@H](NS(=O)(=O)c1ccccc1)c1nnc(S(C)(=O)=O)o1. The molecule has 1 heterocycles. The second-order valence-electron chi connectivity index (χ2n) is 4.33. The van der Waals surface area contributed by atoms with Crippen LogP contribution in [-0.2, 0) is 19.9 Å². The van der Waals surface area contributed by atoms with Crippen LogP contribution in [0.4, 0.5) is 0 Å². The van der Waals surface area contributed by atoms with Crippen molar-refractivity contribution >= 4 is 19.9 Å². The molecular formula is C11H13N3O5S2. The van der Waals surface area contributed by atoms with Crippen LogP contribution in [0.15, 0.2) is 44.9 Å². The third-order valence-corrected chi connectivity index (χ3v) is 4.85. The van der Waals surface area contributed by atoms with Crippen LogP contribution >= 0.6 is 0 Å². The molecule has 114 valence electrons. The van der Waals surface area contributed by atoms with Crippen LogP contribution in [0.2, 0.25) is 0 Å². The Kier molecular flexibility index (Phi) is 4.12. The summed E-state index contributed by atoms with van der Waals surface area (Å²) in [7, 11) is -7.39. The van der Waals surface area contributed by atoms with Crippen molar-refractivity contribution in [2.45, 2.75) is 23.1 Å². The van der Waals surface area contributed by atoms with Gasteiger partial charge in [-0.3, -0.25) is 0 Å².